The molecule has 0 bridgehead atoms. The highest BCUT2D eigenvalue weighted by Gasteiger charge is 2.16. The third-order valence-electron chi connectivity index (χ3n) is 4.84. The first-order chi connectivity index (χ1) is 13.6. The Labute approximate surface area is 174 Å². The molecule has 1 aliphatic rings. The molecular weight excluding hydrogens is 395 g/mol. The second-order valence-electron chi connectivity index (χ2n) is 6.84. The zero-order chi connectivity index (χ0) is 19.5. The molecule has 28 heavy (non-hydrogen) atoms. The van der Waals surface area contributed by atoms with E-state index in [1.54, 1.807) is 30.3 Å². The minimum Gasteiger partial charge on any atom is -0.451 e. The minimum absolute atomic E-state index is 0.228. The maximum Gasteiger partial charge on any atom is 0.291 e. The van der Waals surface area contributed by atoms with E-state index < -0.39 is 0 Å². The van der Waals surface area contributed by atoms with Crippen molar-refractivity contribution >= 4 is 40.5 Å². The predicted octanol–water partition coefficient (Wildman–Crippen LogP) is 6.50. The van der Waals surface area contributed by atoms with Crippen molar-refractivity contribution in [1.29, 1.82) is 0 Å². The summed E-state index contributed by atoms with van der Waals surface area (Å²) >= 11 is 12.5. The highest BCUT2D eigenvalue weighted by Crippen LogP contribution is 2.31. The summed E-state index contributed by atoms with van der Waals surface area (Å²) in [5, 5.41) is 4.10. The van der Waals surface area contributed by atoms with Gasteiger partial charge in [0.05, 0.1) is 10.7 Å². The third-order valence-corrected chi connectivity index (χ3v) is 5.38. The SMILES string of the molecule is O=C(Nc1ccc(N2CCCCC2)c(Cl)c1)c1ccc(-c2cccc(Cl)c2)o1. The van der Waals surface area contributed by atoms with Gasteiger partial charge in [0, 0.05) is 29.4 Å². The lowest BCUT2D eigenvalue weighted by Gasteiger charge is -2.29. The van der Waals surface area contributed by atoms with Gasteiger partial charge in [0.1, 0.15) is 5.76 Å². The average molecular weight is 415 g/mol. The Morgan fingerprint density at radius 2 is 1.79 bits per heavy atom. The number of piperidine rings is 1. The number of furan rings is 1. The number of anilines is 2. The minimum atomic E-state index is -0.324. The quantitative estimate of drug-likeness (QED) is 0.529. The highest BCUT2D eigenvalue weighted by molar-refractivity contribution is 6.33. The summed E-state index contributed by atoms with van der Waals surface area (Å²) in [7, 11) is 0. The van der Waals surface area contributed by atoms with Crippen LogP contribution in [0.3, 0.4) is 0 Å². The Bertz CT molecular complexity index is 994. The zero-order valence-corrected chi connectivity index (χ0v) is 16.8. The van der Waals surface area contributed by atoms with Gasteiger partial charge in [-0.05, 0) is 61.7 Å². The van der Waals surface area contributed by atoms with Crippen LogP contribution >= 0.6 is 23.2 Å². The van der Waals surface area contributed by atoms with Crippen LogP contribution in [0.5, 0.6) is 0 Å². The van der Waals surface area contributed by atoms with Crippen LogP contribution in [-0.2, 0) is 0 Å². The maximum absolute atomic E-state index is 12.5. The van der Waals surface area contributed by atoms with Crippen LogP contribution < -0.4 is 10.2 Å². The number of nitrogens with one attached hydrogen (secondary N) is 1. The van der Waals surface area contributed by atoms with Crippen LogP contribution in [0.25, 0.3) is 11.3 Å². The Hall–Kier alpha value is -2.43. The van der Waals surface area contributed by atoms with Crippen LogP contribution in [0.1, 0.15) is 29.8 Å². The van der Waals surface area contributed by atoms with E-state index in [-0.39, 0.29) is 11.7 Å². The number of carbonyl (C=O) groups excluding carboxylic acids is 1. The summed E-state index contributed by atoms with van der Waals surface area (Å²) < 4.78 is 5.70. The van der Waals surface area contributed by atoms with E-state index in [4.69, 9.17) is 27.6 Å². The normalized spacial score (nSPS) is 14.1. The van der Waals surface area contributed by atoms with Crippen molar-refractivity contribution in [2.24, 2.45) is 0 Å². The lowest BCUT2D eigenvalue weighted by atomic mass is 10.1. The van der Waals surface area contributed by atoms with E-state index in [0.717, 1.165) is 24.3 Å². The number of benzene rings is 2. The molecule has 1 amide bonds. The molecule has 0 aliphatic carbocycles. The zero-order valence-electron chi connectivity index (χ0n) is 15.3. The monoisotopic (exact) mass is 414 g/mol. The molecule has 0 atom stereocenters. The summed E-state index contributed by atoms with van der Waals surface area (Å²) in [5.41, 5.74) is 2.47. The first-order valence-electron chi connectivity index (χ1n) is 9.32. The number of amides is 1. The summed E-state index contributed by atoms with van der Waals surface area (Å²) in [6, 6.07) is 16.3. The van der Waals surface area contributed by atoms with E-state index in [1.807, 2.05) is 24.3 Å². The van der Waals surface area contributed by atoms with Crippen LogP contribution in [0.4, 0.5) is 11.4 Å². The van der Waals surface area contributed by atoms with Gasteiger partial charge in [0.2, 0.25) is 0 Å². The lowest BCUT2D eigenvalue weighted by Crippen LogP contribution is -2.29. The van der Waals surface area contributed by atoms with Crippen molar-refractivity contribution < 1.29 is 9.21 Å². The van der Waals surface area contributed by atoms with Gasteiger partial charge in [0.15, 0.2) is 5.76 Å². The molecule has 6 heteroatoms. The smallest absolute Gasteiger partial charge is 0.291 e. The van der Waals surface area contributed by atoms with Gasteiger partial charge < -0.3 is 14.6 Å². The fourth-order valence-corrected chi connectivity index (χ4v) is 3.92. The number of hydrogen-bond donors (Lipinski definition) is 1. The number of halogens is 2. The lowest BCUT2D eigenvalue weighted by molar-refractivity contribution is 0.0997. The van der Waals surface area contributed by atoms with Crippen molar-refractivity contribution in [3.8, 4) is 11.3 Å². The molecule has 4 nitrogen and oxygen atoms in total. The first-order valence-corrected chi connectivity index (χ1v) is 10.1. The van der Waals surface area contributed by atoms with Crippen LogP contribution in [0, 0.1) is 0 Å². The second-order valence-corrected chi connectivity index (χ2v) is 7.69. The molecule has 4 rings (SSSR count). The summed E-state index contributed by atoms with van der Waals surface area (Å²) in [5.74, 6) is 0.493. The van der Waals surface area contributed by atoms with Gasteiger partial charge in [-0.15, -0.1) is 0 Å². The number of nitrogens with zero attached hydrogens (tertiary/aromatic N) is 1. The molecule has 0 spiro atoms. The van der Waals surface area contributed by atoms with E-state index >= 15 is 0 Å². The summed E-state index contributed by atoms with van der Waals surface area (Å²) in [6.07, 6.45) is 3.63. The van der Waals surface area contributed by atoms with Gasteiger partial charge in [0.25, 0.3) is 5.91 Å². The van der Waals surface area contributed by atoms with Gasteiger partial charge in [-0.1, -0.05) is 35.3 Å². The summed E-state index contributed by atoms with van der Waals surface area (Å²) in [6.45, 7) is 2.04. The molecule has 1 aliphatic heterocycles. The summed E-state index contributed by atoms with van der Waals surface area (Å²) in [4.78, 5) is 14.8. The first kappa shape index (κ1) is 18.9. The van der Waals surface area contributed by atoms with Crippen molar-refractivity contribution in [3.63, 3.8) is 0 Å². The largest absolute Gasteiger partial charge is 0.451 e. The van der Waals surface area contributed by atoms with Crippen molar-refractivity contribution in [1.82, 2.24) is 0 Å². The van der Waals surface area contributed by atoms with Gasteiger partial charge >= 0.3 is 0 Å². The van der Waals surface area contributed by atoms with E-state index in [9.17, 15) is 4.79 Å². The standard InChI is InChI=1S/C22H20Cl2N2O2/c23-16-6-4-5-15(13-16)20-9-10-21(28-20)22(27)25-17-7-8-19(18(24)14-17)26-11-2-1-3-12-26/h4-10,13-14H,1-3,11-12H2,(H,25,27). The third kappa shape index (κ3) is 4.18. The molecule has 144 valence electrons. The topological polar surface area (TPSA) is 45.5 Å². The molecule has 1 N–H and O–H groups in total. The fraction of sp³-hybridized carbons (Fsp3) is 0.227. The van der Waals surface area contributed by atoms with Crippen molar-refractivity contribution in [2.75, 3.05) is 23.3 Å². The molecule has 1 fully saturated rings. The predicted molar refractivity (Wildman–Crippen MR) is 115 cm³/mol. The van der Waals surface area contributed by atoms with E-state index in [0.29, 0.717) is 21.5 Å². The van der Waals surface area contributed by atoms with Crippen LogP contribution in [0.15, 0.2) is 59.0 Å². The van der Waals surface area contributed by atoms with Gasteiger partial charge in [-0.2, -0.15) is 0 Å². The molecule has 0 unspecified atom stereocenters. The van der Waals surface area contributed by atoms with Crippen LogP contribution in [-0.4, -0.2) is 19.0 Å². The molecule has 1 aromatic heterocycles. The van der Waals surface area contributed by atoms with Crippen molar-refractivity contribution in [3.05, 3.63) is 70.4 Å². The molecule has 3 aromatic rings. The molecule has 0 saturated carbocycles. The highest BCUT2D eigenvalue weighted by atomic mass is 35.5. The molecule has 2 heterocycles. The Balaban J connectivity index is 1.47. The fourth-order valence-electron chi connectivity index (χ4n) is 3.43. The Morgan fingerprint density at radius 1 is 0.964 bits per heavy atom. The second kappa shape index (κ2) is 8.29. The Kier molecular flexibility index (Phi) is 5.60. The molecule has 2 aromatic carbocycles. The maximum atomic E-state index is 12.5. The van der Waals surface area contributed by atoms with Gasteiger partial charge in [-0.25, -0.2) is 0 Å². The number of carbonyl (C=O) groups is 1. The molecule has 0 radical (unpaired) electrons. The number of hydrogen-bond acceptors (Lipinski definition) is 3. The van der Waals surface area contributed by atoms with E-state index in [1.165, 1.54) is 19.3 Å². The average Bonchev–Trinajstić information content (AvgIpc) is 3.19. The van der Waals surface area contributed by atoms with Crippen molar-refractivity contribution in [2.45, 2.75) is 19.3 Å². The van der Waals surface area contributed by atoms with Gasteiger partial charge in [-0.3, -0.25) is 4.79 Å². The molecular formula is C22H20Cl2N2O2. The van der Waals surface area contributed by atoms with E-state index in [2.05, 4.69) is 10.2 Å². The van der Waals surface area contributed by atoms with Crippen LogP contribution in [0.2, 0.25) is 10.0 Å². The number of rotatable bonds is 4. The molecule has 1 saturated heterocycles. The Morgan fingerprint density at radius 3 is 2.54 bits per heavy atom.